The number of aryl methyl sites for hydroxylation is 3. The molecule has 2 N–H and O–H groups in total. The quantitative estimate of drug-likeness (QED) is 0.886. The van der Waals surface area contributed by atoms with Crippen LogP contribution >= 0.6 is 0 Å². The molecule has 4 nitrogen and oxygen atoms in total. The van der Waals surface area contributed by atoms with Crippen LogP contribution in [0.3, 0.4) is 0 Å². The van der Waals surface area contributed by atoms with Crippen LogP contribution in [0.5, 0.6) is 0 Å². The molecule has 0 aliphatic carbocycles. The molecule has 0 aromatic heterocycles. The van der Waals surface area contributed by atoms with Crippen molar-refractivity contribution in [1.82, 2.24) is 0 Å². The SMILES string of the molecule is Cc1ccc(CCC(=O)Nc2cc(C(=O)O)ccc2C)cc1. The van der Waals surface area contributed by atoms with Crippen molar-refractivity contribution in [2.24, 2.45) is 0 Å². The molecule has 0 fully saturated rings. The molecule has 1 amide bonds. The fourth-order valence-electron chi connectivity index (χ4n) is 2.12. The van der Waals surface area contributed by atoms with Crippen molar-refractivity contribution >= 4 is 17.6 Å². The number of anilines is 1. The number of benzene rings is 2. The molecule has 22 heavy (non-hydrogen) atoms. The van der Waals surface area contributed by atoms with Gasteiger partial charge in [-0.15, -0.1) is 0 Å². The van der Waals surface area contributed by atoms with Gasteiger partial charge in [-0.05, 0) is 43.5 Å². The predicted molar refractivity (Wildman–Crippen MR) is 86.3 cm³/mol. The van der Waals surface area contributed by atoms with Crippen molar-refractivity contribution in [3.63, 3.8) is 0 Å². The minimum absolute atomic E-state index is 0.119. The Morgan fingerprint density at radius 3 is 2.36 bits per heavy atom. The van der Waals surface area contributed by atoms with Crippen molar-refractivity contribution in [3.05, 3.63) is 64.7 Å². The lowest BCUT2D eigenvalue weighted by atomic mass is 10.1. The van der Waals surface area contributed by atoms with Crippen LogP contribution in [0.25, 0.3) is 0 Å². The van der Waals surface area contributed by atoms with E-state index in [9.17, 15) is 9.59 Å². The summed E-state index contributed by atoms with van der Waals surface area (Å²) in [4.78, 5) is 23.0. The Morgan fingerprint density at radius 1 is 1.05 bits per heavy atom. The van der Waals surface area contributed by atoms with Crippen molar-refractivity contribution in [1.29, 1.82) is 0 Å². The van der Waals surface area contributed by atoms with Gasteiger partial charge < -0.3 is 10.4 Å². The molecule has 0 heterocycles. The van der Waals surface area contributed by atoms with Crippen molar-refractivity contribution in [2.75, 3.05) is 5.32 Å². The summed E-state index contributed by atoms with van der Waals surface area (Å²) in [6, 6.07) is 12.8. The molecule has 0 bridgehead atoms. The largest absolute Gasteiger partial charge is 0.478 e. The Kier molecular flexibility index (Phi) is 4.94. The van der Waals surface area contributed by atoms with Crippen molar-refractivity contribution in [3.8, 4) is 0 Å². The number of nitrogens with one attached hydrogen (secondary N) is 1. The number of aromatic carboxylic acids is 1. The Balaban J connectivity index is 1.98. The summed E-state index contributed by atoms with van der Waals surface area (Å²) < 4.78 is 0. The lowest BCUT2D eigenvalue weighted by Gasteiger charge is -2.09. The topological polar surface area (TPSA) is 66.4 Å². The highest BCUT2D eigenvalue weighted by atomic mass is 16.4. The van der Waals surface area contributed by atoms with E-state index in [-0.39, 0.29) is 11.5 Å². The van der Waals surface area contributed by atoms with Gasteiger partial charge in [0.05, 0.1) is 5.56 Å². The highest BCUT2D eigenvalue weighted by molar-refractivity contribution is 5.94. The van der Waals surface area contributed by atoms with E-state index in [4.69, 9.17) is 5.11 Å². The van der Waals surface area contributed by atoms with Gasteiger partial charge in [0.1, 0.15) is 0 Å². The second kappa shape index (κ2) is 6.89. The first-order valence-corrected chi connectivity index (χ1v) is 7.15. The van der Waals surface area contributed by atoms with Gasteiger partial charge in [0.15, 0.2) is 0 Å². The first-order valence-electron chi connectivity index (χ1n) is 7.15. The van der Waals surface area contributed by atoms with Crippen LogP contribution in [0.2, 0.25) is 0 Å². The summed E-state index contributed by atoms with van der Waals surface area (Å²) >= 11 is 0. The molecule has 114 valence electrons. The molecule has 0 aliphatic heterocycles. The van der Waals surface area contributed by atoms with Crippen molar-refractivity contribution in [2.45, 2.75) is 26.7 Å². The Hall–Kier alpha value is -2.62. The normalized spacial score (nSPS) is 10.3. The van der Waals surface area contributed by atoms with E-state index in [2.05, 4.69) is 5.32 Å². The third-order valence-electron chi connectivity index (χ3n) is 3.52. The maximum atomic E-state index is 12.0. The maximum absolute atomic E-state index is 12.0. The summed E-state index contributed by atoms with van der Waals surface area (Å²) in [5.74, 6) is -1.12. The van der Waals surface area contributed by atoms with Gasteiger partial charge >= 0.3 is 5.97 Å². The highest BCUT2D eigenvalue weighted by Gasteiger charge is 2.09. The van der Waals surface area contributed by atoms with Gasteiger partial charge in [-0.25, -0.2) is 4.79 Å². The van der Waals surface area contributed by atoms with E-state index >= 15 is 0 Å². The lowest BCUT2D eigenvalue weighted by molar-refractivity contribution is -0.116. The molecular weight excluding hydrogens is 278 g/mol. The molecule has 0 unspecified atom stereocenters. The second-order valence-electron chi connectivity index (χ2n) is 5.37. The van der Waals surface area contributed by atoms with Crippen LogP contribution in [0.15, 0.2) is 42.5 Å². The Labute approximate surface area is 129 Å². The molecule has 2 rings (SSSR count). The van der Waals surface area contributed by atoms with E-state index in [0.717, 1.165) is 11.1 Å². The molecule has 2 aromatic carbocycles. The van der Waals surface area contributed by atoms with Crippen LogP contribution in [0.1, 0.15) is 33.5 Å². The Bertz CT molecular complexity index is 690. The zero-order chi connectivity index (χ0) is 16.1. The minimum Gasteiger partial charge on any atom is -0.478 e. The molecule has 0 radical (unpaired) electrons. The number of carbonyl (C=O) groups excluding carboxylic acids is 1. The summed E-state index contributed by atoms with van der Waals surface area (Å²) in [5.41, 5.74) is 3.85. The molecular formula is C18H19NO3. The van der Waals surface area contributed by atoms with E-state index in [1.165, 1.54) is 17.7 Å². The van der Waals surface area contributed by atoms with Gasteiger partial charge in [0.25, 0.3) is 0 Å². The first-order chi connectivity index (χ1) is 10.5. The zero-order valence-corrected chi connectivity index (χ0v) is 12.7. The Morgan fingerprint density at radius 2 is 1.73 bits per heavy atom. The van der Waals surface area contributed by atoms with Gasteiger partial charge in [-0.3, -0.25) is 4.79 Å². The summed E-state index contributed by atoms with van der Waals surface area (Å²) in [7, 11) is 0. The molecule has 0 aliphatic rings. The number of hydrogen-bond donors (Lipinski definition) is 2. The third-order valence-corrected chi connectivity index (χ3v) is 3.52. The zero-order valence-electron chi connectivity index (χ0n) is 12.7. The number of carbonyl (C=O) groups is 2. The summed E-state index contributed by atoms with van der Waals surface area (Å²) in [5, 5.41) is 11.8. The van der Waals surface area contributed by atoms with E-state index in [0.29, 0.717) is 18.5 Å². The van der Waals surface area contributed by atoms with E-state index < -0.39 is 5.97 Å². The predicted octanol–water partition coefficient (Wildman–Crippen LogP) is 3.57. The van der Waals surface area contributed by atoms with Crippen LogP contribution in [-0.2, 0) is 11.2 Å². The summed E-state index contributed by atoms with van der Waals surface area (Å²) in [6.45, 7) is 3.86. The molecule has 0 saturated carbocycles. The van der Waals surface area contributed by atoms with Gasteiger partial charge in [0, 0.05) is 12.1 Å². The lowest BCUT2D eigenvalue weighted by Crippen LogP contribution is -2.14. The first kappa shape index (κ1) is 15.8. The van der Waals surface area contributed by atoms with Gasteiger partial charge in [-0.1, -0.05) is 35.9 Å². The minimum atomic E-state index is -1.00. The fraction of sp³-hybridized carbons (Fsp3) is 0.222. The van der Waals surface area contributed by atoms with Crippen LogP contribution in [0, 0.1) is 13.8 Å². The summed E-state index contributed by atoms with van der Waals surface area (Å²) in [6.07, 6.45) is 1.02. The van der Waals surface area contributed by atoms with Gasteiger partial charge in [0.2, 0.25) is 5.91 Å². The maximum Gasteiger partial charge on any atom is 0.335 e. The number of carboxylic acids is 1. The van der Waals surface area contributed by atoms with Crippen LogP contribution in [0.4, 0.5) is 5.69 Å². The average Bonchev–Trinajstić information content (AvgIpc) is 2.48. The highest BCUT2D eigenvalue weighted by Crippen LogP contribution is 2.17. The molecule has 0 spiro atoms. The standard InChI is InChI=1S/C18H19NO3/c1-12-3-6-14(7-4-12)8-10-17(20)19-16-11-15(18(21)22)9-5-13(16)2/h3-7,9,11H,8,10H2,1-2H3,(H,19,20)(H,21,22). The van der Waals surface area contributed by atoms with Gasteiger partial charge in [-0.2, -0.15) is 0 Å². The van der Waals surface area contributed by atoms with E-state index in [1.807, 2.05) is 38.1 Å². The average molecular weight is 297 g/mol. The third kappa shape index (κ3) is 4.19. The molecule has 2 aromatic rings. The van der Waals surface area contributed by atoms with Crippen LogP contribution in [-0.4, -0.2) is 17.0 Å². The molecule has 0 saturated heterocycles. The van der Waals surface area contributed by atoms with Crippen LogP contribution < -0.4 is 5.32 Å². The molecule has 0 atom stereocenters. The smallest absolute Gasteiger partial charge is 0.335 e. The second-order valence-corrected chi connectivity index (χ2v) is 5.37. The monoisotopic (exact) mass is 297 g/mol. The van der Waals surface area contributed by atoms with E-state index in [1.54, 1.807) is 6.07 Å². The number of amides is 1. The fourth-order valence-corrected chi connectivity index (χ4v) is 2.12. The van der Waals surface area contributed by atoms with Crippen molar-refractivity contribution < 1.29 is 14.7 Å². The molecule has 4 heteroatoms. The number of rotatable bonds is 5. The number of hydrogen-bond acceptors (Lipinski definition) is 2. The number of carboxylic acid groups (broad SMARTS) is 1.